The van der Waals surface area contributed by atoms with Crippen LogP contribution in [0.25, 0.3) is 5.82 Å². The second-order valence-corrected chi connectivity index (χ2v) is 8.33. The largest absolute Gasteiger partial charge is 0.378 e. The molecular formula is C18H30N8O. The van der Waals surface area contributed by atoms with Gasteiger partial charge in [-0.25, -0.2) is 4.63 Å². The zero-order valence-electron chi connectivity index (χ0n) is 16.3. The van der Waals surface area contributed by atoms with Gasteiger partial charge in [-0.15, -0.1) is 5.10 Å². The Balaban J connectivity index is 1.60. The SMILES string of the molecule is C[C@@H]1CCCN(Cc2nnn(-c3nonc3N)c2CN2CCC[C@H](C)C2)C1. The topological polar surface area (TPSA) is 102 Å². The van der Waals surface area contributed by atoms with Crippen molar-refractivity contribution in [1.29, 1.82) is 0 Å². The van der Waals surface area contributed by atoms with Gasteiger partial charge in [0.25, 0.3) is 0 Å². The molecule has 0 aromatic carbocycles. The van der Waals surface area contributed by atoms with Crippen molar-refractivity contribution in [2.24, 2.45) is 11.8 Å². The van der Waals surface area contributed by atoms with E-state index in [0.717, 1.165) is 56.6 Å². The Kier molecular flexibility index (Phi) is 5.40. The maximum Gasteiger partial charge on any atom is 0.243 e. The van der Waals surface area contributed by atoms with E-state index in [2.05, 4.69) is 44.3 Å². The molecule has 0 amide bonds. The number of piperidine rings is 2. The van der Waals surface area contributed by atoms with Crippen LogP contribution in [0, 0.1) is 11.8 Å². The zero-order chi connectivity index (χ0) is 18.8. The molecule has 9 heteroatoms. The lowest BCUT2D eigenvalue weighted by Crippen LogP contribution is -2.36. The molecule has 0 spiro atoms. The minimum atomic E-state index is 0.242. The Bertz CT molecular complexity index is 756. The van der Waals surface area contributed by atoms with Crippen LogP contribution in [0.2, 0.25) is 0 Å². The van der Waals surface area contributed by atoms with E-state index in [1.165, 1.54) is 25.7 Å². The molecule has 4 heterocycles. The first-order chi connectivity index (χ1) is 13.1. The van der Waals surface area contributed by atoms with Crippen LogP contribution in [0.15, 0.2) is 4.63 Å². The summed E-state index contributed by atoms with van der Waals surface area (Å²) in [5.41, 5.74) is 7.98. The van der Waals surface area contributed by atoms with Gasteiger partial charge in [0.1, 0.15) is 5.69 Å². The highest BCUT2D eigenvalue weighted by Gasteiger charge is 2.26. The summed E-state index contributed by atoms with van der Waals surface area (Å²) >= 11 is 0. The minimum Gasteiger partial charge on any atom is -0.378 e. The van der Waals surface area contributed by atoms with Crippen molar-refractivity contribution in [1.82, 2.24) is 35.1 Å². The quantitative estimate of drug-likeness (QED) is 0.844. The standard InChI is InChI=1S/C18H30N8O/c1-13-5-3-7-24(9-13)11-15-16(12-25-8-4-6-14(2)10-25)26(23-20-15)18-17(19)21-27-22-18/h13-14H,3-12H2,1-2H3,(H2,19,21)/t13-,14+/m1/s1. The fourth-order valence-corrected chi connectivity index (χ4v) is 4.41. The van der Waals surface area contributed by atoms with Crippen molar-refractivity contribution in [3.63, 3.8) is 0 Å². The van der Waals surface area contributed by atoms with E-state index >= 15 is 0 Å². The van der Waals surface area contributed by atoms with Gasteiger partial charge in [0.15, 0.2) is 0 Å². The molecule has 0 aliphatic carbocycles. The number of nitrogen functional groups attached to an aromatic ring is 1. The third kappa shape index (κ3) is 4.14. The molecule has 9 nitrogen and oxygen atoms in total. The van der Waals surface area contributed by atoms with E-state index in [9.17, 15) is 0 Å². The summed E-state index contributed by atoms with van der Waals surface area (Å²) in [6, 6.07) is 0. The average Bonchev–Trinajstić information content (AvgIpc) is 3.21. The highest BCUT2D eigenvalue weighted by molar-refractivity contribution is 5.44. The number of rotatable bonds is 5. The average molecular weight is 374 g/mol. The van der Waals surface area contributed by atoms with E-state index in [-0.39, 0.29) is 5.82 Å². The van der Waals surface area contributed by atoms with Crippen molar-refractivity contribution in [2.45, 2.75) is 52.6 Å². The van der Waals surface area contributed by atoms with Crippen molar-refractivity contribution in [2.75, 3.05) is 31.9 Å². The van der Waals surface area contributed by atoms with Crippen molar-refractivity contribution < 1.29 is 4.63 Å². The summed E-state index contributed by atoms with van der Waals surface area (Å²) in [4.78, 5) is 4.96. The number of likely N-dealkylation sites (tertiary alicyclic amines) is 2. The first-order valence-corrected chi connectivity index (χ1v) is 10.1. The molecular weight excluding hydrogens is 344 g/mol. The number of hydrogen-bond donors (Lipinski definition) is 1. The van der Waals surface area contributed by atoms with Gasteiger partial charge in [0, 0.05) is 26.2 Å². The predicted octanol–water partition coefficient (Wildman–Crippen LogP) is 1.70. The van der Waals surface area contributed by atoms with Crippen LogP contribution >= 0.6 is 0 Å². The van der Waals surface area contributed by atoms with Crippen LogP contribution in [0.3, 0.4) is 0 Å². The maximum atomic E-state index is 5.93. The normalized spacial score (nSPS) is 25.1. The van der Waals surface area contributed by atoms with Crippen molar-refractivity contribution >= 4 is 5.82 Å². The molecule has 0 saturated carbocycles. The van der Waals surface area contributed by atoms with Crippen LogP contribution in [0.4, 0.5) is 5.82 Å². The Labute approximate surface area is 159 Å². The van der Waals surface area contributed by atoms with Crippen LogP contribution in [-0.4, -0.2) is 61.3 Å². The fraction of sp³-hybridized carbons (Fsp3) is 0.778. The summed E-state index contributed by atoms with van der Waals surface area (Å²) < 4.78 is 6.51. The first kappa shape index (κ1) is 18.4. The highest BCUT2D eigenvalue weighted by atomic mass is 16.6. The fourth-order valence-electron chi connectivity index (χ4n) is 4.41. The molecule has 0 radical (unpaired) electrons. The van der Waals surface area contributed by atoms with Gasteiger partial charge in [-0.1, -0.05) is 19.1 Å². The smallest absolute Gasteiger partial charge is 0.243 e. The third-order valence-corrected chi connectivity index (χ3v) is 5.77. The summed E-state index contributed by atoms with van der Waals surface area (Å²) in [6.45, 7) is 10.7. The zero-order valence-corrected chi connectivity index (χ0v) is 16.3. The summed E-state index contributed by atoms with van der Waals surface area (Å²) in [6.07, 6.45) is 5.08. The van der Waals surface area contributed by atoms with E-state index in [0.29, 0.717) is 11.7 Å². The Morgan fingerprint density at radius 2 is 1.67 bits per heavy atom. The van der Waals surface area contributed by atoms with Gasteiger partial charge in [0.05, 0.1) is 5.69 Å². The van der Waals surface area contributed by atoms with Crippen LogP contribution in [0.1, 0.15) is 50.9 Å². The monoisotopic (exact) mass is 374 g/mol. The molecule has 27 heavy (non-hydrogen) atoms. The van der Waals surface area contributed by atoms with Crippen LogP contribution in [0.5, 0.6) is 0 Å². The van der Waals surface area contributed by atoms with Crippen molar-refractivity contribution in [3.05, 3.63) is 11.4 Å². The molecule has 148 valence electrons. The van der Waals surface area contributed by atoms with E-state index in [4.69, 9.17) is 10.4 Å². The molecule has 0 unspecified atom stereocenters. The van der Waals surface area contributed by atoms with Crippen LogP contribution < -0.4 is 5.73 Å². The lowest BCUT2D eigenvalue weighted by molar-refractivity contribution is 0.165. The minimum absolute atomic E-state index is 0.242. The molecule has 4 rings (SSSR count). The Morgan fingerprint density at radius 1 is 1.00 bits per heavy atom. The first-order valence-electron chi connectivity index (χ1n) is 10.1. The van der Waals surface area contributed by atoms with E-state index in [1.807, 2.05) is 0 Å². The molecule has 2 aliphatic heterocycles. The van der Waals surface area contributed by atoms with Gasteiger partial charge < -0.3 is 5.73 Å². The molecule has 2 N–H and O–H groups in total. The predicted molar refractivity (Wildman–Crippen MR) is 101 cm³/mol. The Hall–Kier alpha value is -2.00. The highest BCUT2D eigenvalue weighted by Crippen LogP contribution is 2.24. The summed E-state index contributed by atoms with van der Waals surface area (Å²) in [5.74, 6) is 2.12. The number of anilines is 1. The molecule has 2 aromatic rings. The summed E-state index contributed by atoms with van der Waals surface area (Å²) in [7, 11) is 0. The van der Waals surface area contributed by atoms with Crippen LogP contribution in [-0.2, 0) is 13.1 Å². The molecule has 2 atom stereocenters. The molecule has 2 aliphatic rings. The number of hydrogen-bond acceptors (Lipinski definition) is 8. The van der Waals surface area contributed by atoms with Gasteiger partial charge in [-0.05, 0) is 60.9 Å². The lowest BCUT2D eigenvalue weighted by Gasteiger charge is -2.32. The molecule has 0 bridgehead atoms. The van der Waals surface area contributed by atoms with Crippen molar-refractivity contribution in [3.8, 4) is 5.82 Å². The van der Waals surface area contributed by atoms with E-state index < -0.39 is 0 Å². The van der Waals surface area contributed by atoms with Gasteiger partial charge >= 0.3 is 0 Å². The van der Waals surface area contributed by atoms with Gasteiger partial charge in [-0.3, -0.25) is 9.80 Å². The Morgan fingerprint density at radius 3 is 2.26 bits per heavy atom. The second kappa shape index (κ2) is 7.93. The number of nitrogens with two attached hydrogens (primary N) is 1. The number of nitrogens with zero attached hydrogens (tertiary/aromatic N) is 7. The van der Waals surface area contributed by atoms with Gasteiger partial charge in [0.2, 0.25) is 11.6 Å². The summed E-state index contributed by atoms with van der Waals surface area (Å²) in [5, 5.41) is 16.5. The molecule has 2 aromatic heterocycles. The molecule has 2 fully saturated rings. The molecule has 2 saturated heterocycles. The maximum absolute atomic E-state index is 5.93. The lowest BCUT2D eigenvalue weighted by atomic mass is 9.99. The third-order valence-electron chi connectivity index (χ3n) is 5.77. The van der Waals surface area contributed by atoms with Gasteiger partial charge in [-0.2, -0.15) is 4.68 Å². The second-order valence-electron chi connectivity index (χ2n) is 8.33. The van der Waals surface area contributed by atoms with E-state index in [1.54, 1.807) is 4.68 Å². The number of aromatic nitrogens is 5.